The van der Waals surface area contributed by atoms with Crippen LogP contribution in [0.4, 0.5) is 0 Å². The Morgan fingerprint density at radius 2 is 2.06 bits per heavy atom. The highest BCUT2D eigenvalue weighted by Crippen LogP contribution is 2.24. The second-order valence-electron chi connectivity index (χ2n) is 4.54. The molecule has 4 nitrogen and oxygen atoms in total. The minimum atomic E-state index is -1.18. The van der Waals surface area contributed by atoms with Crippen LogP contribution in [0.15, 0.2) is 30.3 Å². The second kappa shape index (κ2) is 6.18. The summed E-state index contributed by atoms with van der Waals surface area (Å²) in [5.74, 6) is -0.167. The highest BCUT2D eigenvalue weighted by Gasteiger charge is 2.27. The lowest BCUT2D eigenvalue weighted by Gasteiger charge is -2.26. The number of amides is 1. The van der Waals surface area contributed by atoms with Crippen molar-refractivity contribution in [2.45, 2.75) is 25.4 Å². The maximum Gasteiger partial charge on any atom is 0.225 e. The maximum absolute atomic E-state index is 11.9. The predicted molar refractivity (Wildman–Crippen MR) is 68.5 cm³/mol. The van der Waals surface area contributed by atoms with Crippen LogP contribution >= 0.6 is 0 Å². The van der Waals surface area contributed by atoms with E-state index in [1.807, 2.05) is 24.3 Å². The van der Waals surface area contributed by atoms with Crippen molar-refractivity contribution in [1.29, 1.82) is 5.26 Å². The molecule has 4 heteroatoms. The number of nitrogens with zero attached hydrogens (tertiary/aromatic N) is 2. The van der Waals surface area contributed by atoms with Crippen LogP contribution in [0.1, 0.15) is 25.3 Å². The molecule has 0 radical (unpaired) electrons. The first kappa shape index (κ1) is 14.2. The van der Waals surface area contributed by atoms with Crippen LogP contribution in [-0.4, -0.2) is 29.5 Å². The Morgan fingerprint density at radius 3 is 2.61 bits per heavy atom. The molecule has 18 heavy (non-hydrogen) atoms. The molecular weight excluding hydrogens is 228 g/mol. The van der Waals surface area contributed by atoms with Gasteiger partial charge in [-0.05, 0) is 12.5 Å². The zero-order valence-electron chi connectivity index (χ0n) is 10.8. The Morgan fingerprint density at radius 1 is 1.44 bits per heavy atom. The molecule has 0 saturated heterocycles. The molecule has 0 aliphatic heterocycles. The van der Waals surface area contributed by atoms with Gasteiger partial charge in [0.15, 0.2) is 0 Å². The Balaban J connectivity index is 2.66. The fourth-order valence-electron chi connectivity index (χ4n) is 1.67. The summed E-state index contributed by atoms with van der Waals surface area (Å²) in [7, 11) is 1.64. The average Bonchev–Trinajstić information content (AvgIpc) is 2.36. The lowest BCUT2D eigenvalue weighted by Crippen LogP contribution is -2.34. The molecule has 0 saturated carbocycles. The number of carbonyl (C=O) groups excluding carboxylic acids is 1. The molecule has 1 aromatic rings. The largest absolute Gasteiger partial charge is 0.385 e. The second-order valence-corrected chi connectivity index (χ2v) is 4.54. The molecule has 1 rings (SSSR count). The molecule has 1 atom stereocenters. The van der Waals surface area contributed by atoms with Gasteiger partial charge >= 0.3 is 0 Å². The fraction of sp³-hybridized carbons (Fsp3) is 0.429. The van der Waals surface area contributed by atoms with Gasteiger partial charge in [-0.15, -0.1) is 0 Å². The first-order valence-corrected chi connectivity index (χ1v) is 5.86. The van der Waals surface area contributed by atoms with E-state index in [1.54, 1.807) is 26.1 Å². The minimum absolute atomic E-state index is 0.0128. The molecule has 0 bridgehead atoms. The predicted octanol–water partition coefficient (Wildman–Crippen LogP) is 1.66. The standard InChI is InChI=1S/C14H18N2O2/c1-14(18,12-7-4-3-5-8-12)11-13(17)16(2)10-6-9-15/h3-5,7-8,18H,6,10-11H2,1-2H3. The van der Waals surface area contributed by atoms with Gasteiger partial charge in [0.25, 0.3) is 0 Å². The third-order valence-electron chi connectivity index (χ3n) is 2.88. The van der Waals surface area contributed by atoms with Gasteiger partial charge < -0.3 is 10.0 Å². The van der Waals surface area contributed by atoms with Crippen molar-refractivity contribution < 1.29 is 9.90 Å². The first-order chi connectivity index (χ1) is 8.47. The van der Waals surface area contributed by atoms with E-state index in [4.69, 9.17) is 5.26 Å². The first-order valence-electron chi connectivity index (χ1n) is 5.86. The summed E-state index contributed by atoms with van der Waals surface area (Å²) in [6.07, 6.45) is 0.314. The Bertz CT molecular complexity index is 435. The lowest BCUT2D eigenvalue weighted by atomic mass is 9.92. The van der Waals surface area contributed by atoms with E-state index in [9.17, 15) is 9.90 Å². The summed E-state index contributed by atoms with van der Waals surface area (Å²) in [5.41, 5.74) is -0.466. The van der Waals surface area contributed by atoms with Crippen molar-refractivity contribution >= 4 is 5.91 Å². The number of aliphatic hydroxyl groups is 1. The fourth-order valence-corrected chi connectivity index (χ4v) is 1.67. The van der Waals surface area contributed by atoms with Crippen molar-refractivity contribution in [2.75, 3.05) is 13.6 Å². The van der Waals surface area contributed by atoms with E-state index in [1.165, 1.54) is 4.90 Å². The van der Waals surface area contributed by atoms with E-state index in [0.717, 1.165) is 0 Å². The summed E-state index contributed by atoms with van der Waals surface area (Å²) in [5, 5.41) is 18.8. The molecule has 0 heterocycles. The van der Waals surface area contributed by atoms with E-state index in [0.29, 0.717) is 18.5 Å². The number of rotatable bonds is 5. The Kier molecular flexibility index (Phi) is 4.87. The lowest BCUT2D eigenvalue weighted by molar-refractivity contribution is -0.134. The molecular formula is C14H18N2O2. The smallest absolute Gasteiger partial charge is 0.225 e. The molecule has 0 aromatic heterocycles. The van der Waals surface area contributed by atoms with Crippen LogP contribution in [-0.2, 0) is 10.4 Å². The quantitative estimate of drug-likeness (QED) is 0.859. The molecule has 0 aliphatic carbocycles. The van der Waals surface area contributed by atoms with Crippen LogP contribution in [0.25, 0.3) is 0 Å². The zero-order chi connectivity index (χ0) is 13.6. The number of benzene rings is 1. The van der Waals surface area contributed by atoms with Gasteiger partial charge in [0.2, 0.25) is 5.91 Å². The monoisotopic (exact) mass is 246 g/mol. The summed E-state index contributed by atoms with van der Waals surface area (Å²) < 4.78 is 0. The molecule has 0 fully saturated rings. The Hall–Kier alpha value is -1.86. The van der Waals surface area contributed by atoms with E-state index >= 15 is 0 Å². The number of carbonyl (C=O) groups is 1. The molecule has 0 spiro atoms. The van der Waals surface area contributed by atoms with Crippen molar-refractivity contribution in [1.82, 2.24) is 4.90 Å². The third kappa shape index (κ3) is 3.86. The van der Waals surface area contributed by atoms with E-state index in [2.05, 4.69) is 0 Å². The number of nitriles is 1. The SMILES string of the molecule is CN(CCC#N)C(=O)CC(C)(O)c1ccccc1. The van der Waals surface area contributed by atoms with E-state index in [-0.39, 0.29) is 12.3 Å². The van der Waals surface area contributed by atoms with Gasteiger partial charge in [-0.2, -0.15) is 5.26 Å². The minimum Gasteiger partial charge on any atom is -0.385 e. The van der Waals surface area contributed by atoms with Gasteiger partial charge in [0.05, 0.1) is 24.5 Å². The van der Waals surface area contributed by atoms with Gasteiger partial charge in [-0.3, -0.25) is 4.79 Å². The number of hydrogen-bond acceptors (Lipinski definition) is 3. The van der Waals surface area contributed by atoms with Crippen LogP contribution in [0.2, 0.25) is 0 Å². The van der Waals surface area contributed by atoms with Crippen LogP contribution in [0, 0.1) is 11.3 Å². The normalized spacial score (nSPS) is 13.4. The molecule has 96 valence electrons. The van der Waals surface area contributed by atoms with Crippen LogP contribution in [0.3, 0.4) is 0 Å². The van der Waals surface area contributed by atoms with Gasteiger partial charge in [0.1, 0.15) is 0 Å². The molecule has 1 unspecified atom stereocenters. The van der Waals surface area contributed by atoms with Crippen molar-refractivity contribution in [2.24, 2.45) is 0 Å². The molecule has 0 aliphatic rings. The van der Waals surface area contributed by atoms with Crippen molar-refractivity contribution in [3.05, 3.63) is 35.9 Å². The highest BCUT2D eigenvalue weighted by molar-refractivity contribution is 5.77. The molecule has 1 N–H and O–H groups in total. The van der Waals surface area contributed by atoms with Crippen LogP contribution in [0.5, 0.6) is 0 Å². The molecule has 1 amide bonds. The summed E-state index contributed by atoms with van der Waals surface area (Å²) in [6, 6.07) is 11.1. The summed E-state index contributed by atoms with van der Waals surface area (Å²) in [6.45, 7) is 2.01. The average molecular weight is 246 g/mol. The van der Waals surface area contributed by atoms with Gasteiger partial charge in [-0.1, -0.05) is 30.3 Å². The van der Waals surface area contributed by atoms with E-state index < -0.39 is 5.60 Å². The number of hydrogen-bond donors (Lipinski definition) is 1. The van der Waals surface area contributed by atoms with Crippen molar-refractivity contribution in [3.8, 4) is 6.07 Å². The van der Waals surface area contributed by atoms with Crippen LogP contribution < -0.4 is 0 Å². The topological polar surface area (TPSA) is 64.3 Å². The summed E-state index contributed by atoms with van der Waals surface area (Å²) >= 11 is 0. The Labute approximate surface area is 107 Å². The van der Waals surface area contributed by atoms with Gasteiger partial charge in [-0.25, -0.2) is 0 Å². The molecule has 1 aromatic carbocycles. The summed E-state index contributed by atoms with van der Waals surface area (Å²) in [4.78, 5) is 13.4. The van der Waals surface area contributed by atoms with Crippen molar-refractivity contribution in [3.63, 3.8) is 0 Å². The zero-order valence-corrected chi connectivity index (χ0v) is 10.8. The third-order valence-corrected chi connectivity index (χ3v) is 2.88. The van der Waals surface area contributed by atoms with Gasteiger partial charge in [0, 0.05) is 13.6 Å². The highest BCUT2D eigenvalue weighted by atomic mass is 16.3. The maximum atomic E-state index is 11.9.